The summed E-state index contributed by atoms with van der Waals surface area (Å²) in [7, 11) is 4.48. The van der Waals surface area contributed by atoms with Gasteiger partial charge in [0.2, 0.25) is 17.7 Å². The van der Waals surface area contributed by atoms with E-state index in [4.69, 9.17) is 4.74 Å². The molecule has 73 heavy (non-hydrogen) atoms. The Bertz CT molecular complexity index is 2730. The monoisotopic (exact) mass is 1020 g/mol. The quantitative estimate of drug-likeness (QED) is 0.0331. The van der Waals surface area contributed by atoms with Crippen LogP contribution in [-0.4, -0.2) is 113 Å². The number of nitrogens with one attached hydrogen (secondary N) is 7. The summed E-state index contributed by atoms with van der Waals surface area (Å²) >= 11 is 1.57. The summed E-state index contributed by atoms with van der Waals surface area (Å²) in [4.78, 5) is 94.4. The number of ether oxygens (including phenoxy) is 1. The number of likely N-dealkylation sites (tertiary alicyclic amines) is 1. The van der Waals surface area contributed by atoms with Gasteiger partial charge in [0.1, 0.15) is 23.7 Å². The third kappa shape index (κ3) is 14.8. The third-order valence-corrected chi connectivity index (χ3v) is 13.4. The lowest BCUT2D eigenvalue weighted by atomic mass is 9.85. The molecule has 6 rings (SSSR count). The zero-order chi connectivity index (χ0) is 52.7. The number of para-hydroxylation sites is 1. The van der Waals surface area contributed by atoms with Crippen molar-refractivity contribution in [2.24, 2.45) is 5.41 Å². The number of carbonyl (C=O) groups is 6. The first-order valence-corrected chi connectivity index (χ1v) is 25.3. The molecule has 3 atom stereocenters. The van der Waals surface area contributed by atoms with E-state index >= 15 is 0 Å². The molecule has 388 valence electrons. The van der Waals surface area contributed by atoms with E-state index in [2.05, 4.69) is 52.2 Å². The van der Waals surface area contributed by atoms with Crippen molar-refractivity contribution in [1.29, 1.82) is 0 Å². The third-order valence-electron chi connectivity index (χ3n) is 12.4. The largest absolute Gasteiger partial charge is 0.494 e. The number of hydrogen-bond donors (Lipinski definition) is 8. The number of thiazole rings is 1. The van der Waals surface area contributed by atoms with Crippen molar-refractivity contribution >= 4 is 69.8 Å². The number of aryl methyl sites for hydroxylation is 1. The first-order chi connectivity index (χ1) is 35.0. The summed E-state index contributed by atoms with van der Waals surface area (Å²) in [6.07, 6.45) is 7.32. The minimum absolute atomic E-state index is 0.00504. The Morgan fingerprint density at radius 3 is 2.15 bits per heavy atom. The second-order valence-electron chi connectivity index (χ2n) is 18.9. The van der Waals surface area contributed by atoms with Gasteiger partial charge in [0, 0.05) is 65.0 Å². The smallest absolute Gasteiger partial charge is 0.254 e. The normalized spacial score (nSPS) is 14.7. The number of β-amino-alcohol motifs (C(OH)–C–C–N with tert-alkyl or cyclic N) is 1. The highest BCUT2D eigenvalue weighted by Gasteiger charge is 2.44. The summed E-state index contributed by atoms with van der Waals surface area (Å²) in [5.41, 5.74) is 5.85. The van der Waals surface area contributed by atoms with Crippen molar-refractivity contribution in [3.8, 4) is 16.2 Å². The molecule has 0 saturated carbocycles. The van der Waals surface area contributed by atoms with Gasteiger partial charge in [0.15, 0.2) is 5.75 Å². The summed E-state index contributed by atoms with van der Waals surface area (Å²) in [5, 5.41) is 30.9. The number of nitrogens with zero attached hydrogens (tertiary/aromatic N) is 4. The van der Waals surface area contributed by atoms with E-state index in [9.17, 15) is 33.9 Å². The lowest BCUT2D eigenvalue weighted by molar-refractivity contribution is -0.144. The van der Waals surface area contributed by atoms with Gasteiger partial charge in [-0.15, -0.1) is 11.3 Å². The van der Waals surface area contributed by atoms with Gasteiger partial charge in [-0.05, 0) is 60.6 Å². The Morgan fingerprint density at radius 1 is 0.795 bits per heavy atom. The fourth-order valence-electron chi connectivity index (χ4n) is 8.43. The summed E-state index contributed by atoms with van der Waals surface area (Å²) in [6.45, 7) is 8.32. The van der Waals surface area contributed by atoms with Crippen LogP contribution in [0.25, 0.3) is 10.4 Å². The first-order valence-electron chi connectivity index (χ1n) is 24.5. The minimum atomic E-state index is -0.891. The molecule has 19 nitrogen and oxygen atoms in total. The van der Waals surface area contributed by atoms with Crippen LogP contribution in [0.5, 0.6) is 5.75 Å². The predicted molar refractivity (Wildman–Crippen MR) is 281 cm³/mol. The van der Waals surface area contributed by atoms with E-state index in [-0.39, 0.29) is 61.0 Å². The van der Waals surface area contributed by atoms with E-state index in [1.165, 1.54) is 38.5 Å². The van der Waals surface area contributed by atoms with Crippen LogP contribution in [0.4, 0.5) is 23.0 Å². The van der Waals surface area contributed by atoms with Crippen LogP contribution >= 0.6 is 11.3 Å². The van der Waals surface area contributed by atoms with Crippen molar-refractivity contribution in [1.82, 2.24) is 46.4 Å². The van der Waals surface area contributed by atoms with E-state index in [0.29, 0.717) is 52.9 Å². The number of unbranched alkanes of at least 4 members (excludes halogenated alkanes) is 5. The van der Waals surface area contributed by atoms with Crippen LogP contribution in [0, 0.1) is 12.3 Å². The van der Waals surface area contributed by atoms with Gasteiger partial charge in [-0.1, -0.05) is 76.8 Å². The number of methoxy groups -OCH3 is 1. The topological polar surface area (TPSA) is 258 Å². The SMILES string of the molecule is CNC(=O)c1cnc(Nc2ccc(C(=O)NCCCCCCCCC(=O)N[C@H](C(=O)N3C[C@H](O)C[C@H]3C(=O)NCc3ccc(-c4scnc4C)cc3)C(C)(C)C)cn2)cc1Nc1cccc(C(=O)NC)c1OC. The Labute approximate surface area is 430 Å². The van der Waals surface area contributed by atoms with Gasteiger partial charge < -0.3 is 52.0 Å². The Kier molecular flexibility index (Phi) is 19.4. The highest BCUT2D eigenvalue weighted by Crippen LogP contribution is 2.34. The number of pyridine rings is 2. The van der Waals surface area contributed by atoms with Gasteiger partial charge in [0.25, 0.3) is 17.7 Å². The van der Waals surface area contributed by atoms with Crippen LogP contribution in [0.1, 0.15) is 114 Å². The number of aliphatic hydroxyl groups is 1. The van der Waals surface area contributed by atoms with E-state index < -0.39 is 29.5 Å². The molecule has 4 heterocycles. The number of amides is 6. The maximum atomic E-state index is 14.0. The Balaban J connectivity index is 0.893. The lowest BCUT2D eigenvalue weighted by Crippen LogP contribution is -2.57. The molecule has 0 unspecified atom stereocenters. The molecule has 0 aliphatic carbocycles. The number of aliphatic hydroxyl groups excluding tert-OH is 1. The van der Waals surface area contributed by atoms with Crippen molar-refractivity contribution in [3.05, 3.63) is 107 Å². The van der Waals surface area contributed by atoms with E-state index in [1.54, 1.807) is 47.7 Å². The van der Waals surface area contributed by atoms with E-state index in [1.807, 2.05) is 57.5 Å². The molecular formula is C53H67N11O8S. The predicted octanol–water partition coefficient (Wildman–Crippen LogP) is 6.39. The average molecular weight is 1020 g/mol. The summed E-state index contributed by atoms with van der Waals surface area (Å²) < 4.78 is 5.54. The zero-order valence-corrected chi connectivity index (χ0v) is 43.3. The maximum absolute atomic E-state index is 14.0. The van der Waals surface area contributed by atoms with Crippen LogP contribution in [0.15, 0.2) is 78.6 Å². The zero-order valence-electron chi connectivity index (χ0n) is 42.5. The van der Waals surface area contributed by atoms with Crippen LogP contribution in [0.3, 0.4) is 0 Å². The molecular weight excluding hydrogens is 951 g/mol. The second-order valence-corrected chi connectivity index (χ2v) is 19.8. The molecule has 0 radical (unpaired) electrons. The maximum Gasteiger partial charge on any atom is 0.254 e. The van der Waals surface area contributed by atoms with Gasteiger partial charge in [-0.2, -0.15) is 0 Å². The number of carbonyl (C=O) groups excluding carboxylic acids is 6. The second kappa shape index (κ2) is 25.8. The lowest BCUT2D eigenvalue weighted by Gasteiger charge is -2.35. The number of benzene rings is 2. The molecule has 3 aromatic heterocycles. The van der Waals surface area contributed by atoms with Crippen molar-refractivity contribution in [3.63, 3.8) is 0 Å². The molecule has 1 aliphatic rings. The molecule has 6 amide bonds. The fraction of sp³-hybridized carbons (Fsp3) is 0.415. The van der Waals surface area contributed by atoms with Gasteiger partial charge in [0.05, 0.1) is 57.4 Å². The molecule has 1 saturated heterocycles. The molecule has 2 aromatic carbocycles. The highest BCUT2D eigenvalue weighted by molar-refractivity contribution is 7.13. The van der Waals surface area contributed by atoms with Crippen LogP contribution in [-0.2, 0) is 20.9 Å². The van der Waals surface area contributed by atoms with Crippen molar-refractivity contribution in [2.75, 3.05) is 44.9 Å². The Morgan fingerprint density at radius 2 is 1.49 bits per heavy atom. The summed E-state index contributed by atoms with van der Waals surface area (Å²) in [5.74, 6) is -0.899. The Hall–Kier alpha value is -7.45. The van der Waals surface area contributed by atoms with Crippen molar-refractivity contribution in [2.45, 2.75) is 104 Å². The molecule has 8 N–H and O–H groups in total. The van der Waals surface area contributed by atoms with Gasteiger partial charge >= 0.3 is 0 Å². The van der Waals surface area contributed by atoms with Crippen LogP contribution in [0.2, 0.25) is 0 Å². The van der Waals surface area contributed by atoms with E-state index in [0.717, 1.165) is 53.8 Å². The highest BCUT2D eigenvalue weighted by atomic mass is 32.1. The van der Waals surface area contributed by atoms with Gasteiger partial charge in [-0.25, -0.2) is 15.0 Å². The molecule has 1 aliphatic heterocycles. The minimum Gasteiger partial charge on any atom is -0.494 e. The fourth-order valence-corrected chi connectivity index (χ4v) is 9.24. The van der Waals surface area contributed by atoms with Gasteiger partial charge in [-0.3, -0.25) is 28.8 Å². The number of anilines is 4. The standard InChI is InChI=1S/C53H67N11O8S/c1-32-46(73-31-60-32)34-20-18-33(19-21-34)27-59-51(70)41-25-36(65)30-64(41)52(71)47(53(2,3)4)63-44(66)17-12-10-8-9-11-13-24-56-48(67)35-22-23-42(57-28-35)62-43-26-40(38(29-58-43)50(69)55-6)61-39-16-14-15-37(45(39)72-7)49(68)54-5/h14-16,18-23,26,28-29,31,36,41,47,65H,8-13,17,24-25,27,30H2,1-7H3,(H,54,68)(H,55,69)(H,56,67)(H,59,70)(H,63,66)(H2,57,58,61,62)/t36-,41+,47-/m1/s1. The molecule has 20 heteroatoms. The molecule has 5 aromatic rings. The molecule has 0 spiro atoms. The average Bonchev–Trinajstić information content (AvgIpc) is 4.00. The van der Waals surface area contributed by atoms with Crippen LogP contribution < -0.4 is 42.0 Å². The first kappa shape index (κ1) is 54.9. The summed E-state index contributed by atoms with van der Waals surface area (Å²) in [6, 6.07) is 16.1. The number of hydrogen-bond acceptors (Lipinski definition) is 14. The molecule has 0 bridgehead atoms. The number of rotatable bonds is 23. The molecule has 1 fully saturated rings. The number of aromatic nitrogens is 3. The van der Waals surface area contributed by atoms with Crippen molar-refractivity contribution < 1.29 is 38.6 Å².